The third-order valence-corrected chi connectivity index (χ3v) is 1.71. The second-order valence-corrected chi connectivity index (χ2v) is 3.24. The molecule has 0 spiro atoms. The Labute approximate surface area is 66.9 Å². The van der Waals surface area contributed by atoms with Crippen molar-refractivity contribution in [2.24, 2.45) is 0 Å². The summed E-state index contributed by atoms with van der Waals surface area (Å²) in [6, 6.07) is 0. The van der Waals surface area contributed by atoms with Gasteiger partial charge in [0.2, 0.25) is 0 Å². The fourth-order valence-corrected chi connectivity index (χ4v) is 0.742. The molecule has 0 aromatic rings. The van der Waals surface area contributed by atoms with Crippen LogP contribution in [0.3, 0.4) is 0 Å². The van der Waals surface area contributed by atoms with E-state index < -0.39 is 10.4 Å². The lowest BCUT2D eigenvalue weighted by Crippen LogP contribution is -2.23. The number of rotatable bonds is 5. The Balaban J connectivity index is 3.43. The molecule has 0 aromatic heterocycles. The molecule has 5 nitrogen and oxygen atoms in total. The fraction of sp³-hybridized carbons (Fsp3) is 1.00. The average Bonchev–Trinajstić information content (AvgIpc) is 1.85. The quantitative estimate of drug-likeness (QED) is 0.596. The van der Waals surface area contributed by atoms with Crippen LogP contribution in [0, 0.1) is 0 Å². The van der Waals surface area contributed by atoms with E-state index in [-0.39, 0.29) is 6.61 Å². The molecule has 0 atom stereocenters. The van der Waals surface area contributed by atoms with Gasteiger partial charge in [0.05, 0.1) is 6.61 Å². The Kier molecular flexibility index (Phi) is 4.58. The van der Waals surface area contributed by atoms with E-state index in [9.17, 15) is 8.42 Å². The molecular formula is C5H13NO4S. The van der Waals surface area contributed by atoms with Crippen LogP contribution in [0.1, 0.15) is 6.92 Å². The second kappa shape index (κ2) is 4.66. The van der Waals surface area contributed by atoms with Crippen LogP contribution >= 0.6 is 0 Å². The van der Waals surface area contributed by atoms with Gasteiger partial charge in [-0.2, -0.15) is 8.42 Å². The maximum Gasteiger partial charge on any atom is 0.397 e. The van der Waals surface area contributed by atoms with Gasteiger partial charge in [-0.25, -0.2) is 4.18 Å². The summed E-state index contributed by atoms with van der Waals surface area (Å²) in [5.74, 6) is 0. The third-order valence-electron chi connectivity index (χ3n) is 1.25. The first-order valence-corrected chi connectivity index (χ1v) is 4.62. The highest BCUT2D eigenvalue weighted by molar-refractivity contribution is 7.80. The van der Waals surface area contributed by atoms with Gasteiger partial charge >= 0.3 is 10.4 Å². The highest BCUT2D eigenvalue weighted by atomic mass is 32.3. The van der Waals surface area contributed by atoms with E-state index in [1.807, 2.05) is 18.9 Å². The van der Waals surface area contributed by atoms with Crippen LogP contribution in [0.15, 0.2) is 0 Å². The molecule has 6 heteroatoms. The maximum atomic E-state index is 10.0. The highest BCUT2D eigenvalue weighted by Gasteiger charge is 2.03. The zero-order chi connectivity index (χ0) is 8.91. The number of nitrogens with zero attached hydrogens (tertiary/aromatic N) is 1. The SMILES string of the molecule is CCN(C)CCOS(=O)(=O)O. The van der Waals surface area contributed by atoms with Gasteiger partial charge in [0.15, 0.2) is 0 Å². The molecule has 0 saturated heterocycles. The minimum Gasteiger partial charge on any atom is -0.304 e. The van der Waals surface area contributed by atoms with Gasteiger partial charge in [0.1, 0.15) is 0 Å². The van der Waals surface area contributed by atoms with Crippen LogP contribution in [0.2, 0.25) is 0 Å². The van der Waals surface area contributed by atoms with Crippen molar-refractivity contribution in [2.45, 2.75) is 6.92 Å². The summed E-state index contributed by atoms with van der Waals surface area (Å²) in [4.78, 5) is 1.87. The van der Waals surface area contributed by atoms with Crippen molar-refractivity contribution in [3.63, 3.8) is 0 Å². The number of hydrogen-bond donors (Lipinski definition) is 1. The molecule has 0 radical (unpaired) electrons. The Morgan fingerprint density at radius 3 is 2.45 bits per heavy atom. The van der Waals surface area contributed by atoms with Gasteiger partial charge in [-0.05, 0) is 13.6 Å². The lowest BCUT2D eigenvalue weighted by molar-refractivity contribution is 0.223. The van der Waals surface area contributed by atoms with E-state index in [4.69, 9.17) is 4.55 Å². The standard InChI is InChI=1S/C5H13NO4S/c1-3-6(2)4-5-10-11(7,8)9/h3-5H2,1-2H3,(H,7,8,9). The first-order valence-electron chi connectivity index (χ1n) is 3.26. The van der Waals surface area contributed by atoms with Crippen LogP contribution in [0.4, 0.5) is 0 Å². The molecule has 0 unspecified atom stereocenters. The smallest absolute Gasteiger partial charge is 0.304 e. The van der Waals surface area contributed by atoms with Crippen molar-refractivity contribution in [1.82, 2.24) is 4.90 Å². The lowest BCUT2D eigenvalue weighted by atomic mass is 10.6. The summed E-state index contributed by atoms with van der Waals surface area (Å²) in [6.07, 6.45) is 0. The molecule has 68 valence electrons. The maximum absolute atomic E-state index is 10.0. The largest absolute Gasteiger partial charge is 0.397 e. The molecule has 0 rings (SSSR count). The molecular weight excluding hydrogens is 170 g/mol. The van der Waals surface area contributed by atoms with Gasteiger partial charge in [-0.3, -0.25) is 4.55 Å². The Hall–Kier alpha value is -0.170. The lowest BCUT2D eigenvalue weighted by Gasteiger charge is -2.11. The van der Waals surface area contributed by atoms with Crippen molar-refractivity contribution in [3.8, 4) is 0 Å². The van der Waals surface area contributed by atoms with E-state index in [2.05, 4.69) is 4.18 Å². The zero-order valence-corrected chi connectivity index (χ0v) is 7.47. The van der Waals surface area contributed by atoms with Crippen molar-refractivity contribution >= 4 is 10.4 Å². The highest BCUT2D eigenvalue weighted by Crippen LogP contribution is 1.87. The molecule has 0 aliphatic heterocycles. The fourth-order valence-electron chi connectivity index (χ4n) is 0.457. The molecule has 1 N–H and O–H groups in total. The first kappa shape index (κ1) is 10.8. The predicted octanol–water partition coefficient (Wildman–Crippen LogP) is -0.242. The van der Waals surface area contributed by atoms with E-state index >= 15 is 0 Å². The van der Waals surface area contributed by atoms with E-state index in [1.54, 1.807) is 0 Å². The summed E-state index contributed by atoms with van der Waals surface area (Å²) in [5.41, 5.74) is 0. The topological polar surface area (TPSA) is 66.8 Å². The summed E-state index contributed by atoms with van der Waals surface area (Å²) >= 11 is 0. The minimum atomic E-state index is -4.25. The monoisotopic (exact) mass is 183 g/mol. The van der Waals surface area contributed by atoms with Crippen LogP contribution in [0.25, 0.3) is 0 Å². The molecule has 0 fully saturated rings. The molecule has 11 heavy (non-hydrogen) atoms. The summed E-state index contributed by atoms with van der Waals surface area (Å²) in [5, 5.41) is 0. The Morgan fingerprint density at radius 1 is 1.55 bits per heavy atom. The van der Waals surface area contributed by atoms with Crippen LogP contribution in [0.5, 0.6) is 0 Å². The molecule has 0 bridgehead atoms. The number of likely N-dealkylation sites (N-methyl/N-ethyl adjacent to an activating group) is 1. The predicted molar refractivity (Wildman–Crippen MR) is 40.7 cm³/mol. The minimum absolute atomic E-state index is 0.0107. The van der Waals surface area contributed by atoms with Crippen molar-refractivity contribution in [1.29, 1.82) is 0 Å². The Bertz CT molecular complexity index is 189. The van der Waals surface area contributed by atoms with E-state index in [0.717, 1.165) is 6.54 Å². The van der Waals surface area contributed by atoms with Crippen LogP contribution < -0.4 is 0 Å². The van der Waals surface area contributed by atoms with Gasteiger partial charge < -0.3 is 4.90 Å². The van der Waals surface area contributed by atoms with Gasteiger partial charge in [-0.15, -0.1) is 0 Å². The summed E-state index contributed by atoms with van der Waals surface area (Å²) < 4.78 is 32.3. The Morgan fingerprint density at radius 2 is 2.09 bits per heavy atom. The van der Waals surface area contributed by atoms with E-state index in [0.29, 0.717) is 6.54 Å². The van der Waals surface area contributed by atoms with Gasteiger partial charge in [-0.1, -0.05) is 6.92 Å². The molecule has 0 aliphatic rings. The van der Waals surface area contributed by atoms with E-state index in [1.165, 1.54) is 0 Å². The van der Waals surface area contributed by atoms with Crippen LogP contribution in [-0.2, 0) is 14.6 Å². The molecule has 0 heterocycles. The van der Waals surface area contributed by atoms with Crippen molar-refractivity contribution in [2.75, 3.05) is 26.7 Å². The number of hydrogen-bond acceptors (Lipinski definition) is 4. The summed E-state index contributed by atoms with van der Waals surface area (Å²) in [7, 11) is -2.43. The van der Waals surface area contributed by atoms with Crippen LogP contribution in [-0.4, -0.2) is 44.6 Å². The second-order valence-electron chi connectivity index (χ2n) is 2.15. The third kappa shape index (κ3) is 7.73. The average molecular weight is 183 g/mol. The van der Waals surface area contributed by atoms with Gasteiger partial charge in [0.25, 0.3) is 0 Å². The molecule has 0 amide bonds. The summed E-state index contributed by atoms with van der Waals surface area (Å²) in [6.45, 7) is 3.22. The first-order chi connectivity index (χ1) is 4.95. The normalized spacial score (nSPS) is 12.4. The van der Waals surface area contributed by atoms with Gasteiger partial charge in [0, 0.05) is 6.54 Å². The zero-order valence-electron chi connectivity index (χ0n) is 6.65. The van der Waals surface area contributed by atoms with Crippen molar-refractivity contribution in [3.05, 3.63) is 0 Å². The molecule has 0 aromatic carbocycles. The molecule has 0 aliphatic carbocycles. The molecule has 0 saturated carbocycles. The van der Waals surface area contributed by atoms with Crippen molar-refractivity contribution < 1.29 is 17.2 Å².